The maximum Gasteiger partial charge on any atom is 0.328 e. The predicted octanol–water partition coefficient (Wildman–Crippen LogP) is 4.03. The predicted molar refractivity (Wildman–Crippen MR) is 102 cm³/mol. The smallest absolute Gasteiger partial charge is 0.328 e. The minimum atomic E-state index is -0.765. The quantitative estimate of drug-likeness (QED) is 0.358. The standard InChI is InChI=1S/C18H16BrN3O4/c1-26-18(23)16(8-11-10-20-14-5-3-2-4-13(11)14)21-15-7-6-12(19)9-17(15)22(24)25/h2-7,9-10,16,20-21H,8H2,1H3/t16-/m0/s1. The van der Waals surface area contributed by atoms with Gasteiger partial charge in [0.25, 0.3) is 5.69 Å². The number of nitro groups is 1. The number of fused-ring (bicyclic) bond motifs is 1. The molecule has 0 spiro atoms. The molecule has 0 aliphatic carbocycles. The number of para-hydroxylation sites is 1. The number of nitro benzene ring substituents is 1. The van der Waals surface area contributed by atoms with Crippen LogP contribution in [-0.2, 0) is 16.0 Å². The number of hydrogen-bond donors (Lipinski definition) is 2. The van der Waals surface area contributed by atoms with Crippen LogP contribution in [0.1, 0.15) is 5.56 Å². The van der Waals surface area contributed by atoms with Gasteiger partial charge in [-0.25, -0.2) is 4.79 Å². The summed E-state index contributed by atoms with van der Waals surface area (Å²) in [5.74, 6) is -0.493. The van der Waals surface area contributed by atoms with Crippen molar-refractivity contribution in [1.82, 2.24) is 4.98 Å². The van der Waals surface area contributed by atoms with E-state index < -0.39 is 16.9 Å². The first-order valence-corrected chi connectivity index (χ1v) is 8.62. The van der Waals surface area contributed by atoms with E-state index in [1.54, 1.807) is 12.1 Å². The highest BCUT2D eigenvalue weighted by Crippen LogP contribution is 2.29. The van der Waals surface area contributed by atoms with Crippen molar-refractivity contribution in [3.05, 3.63) is 68.8 Å². The summed E-state index contributed by atoms with van der Waals surface area (Å²) < 4.78 is 5.46. The largest absolute Gasteiger partial charge is 0.467 e. The molecule has 2 aromatic carbocycles. The first kappa shape index (κ1) is 17.9. The average molecular weight is 418 g/mol. The molecule has 0 aliphatic heterocycles. The number of esters is 1. The molecule has 0 aliphatic rings. The molecule has 3 rings (SSSR count). The molecule has 3 aromatic rings. The summed E-state index contributed by atoms with van der Waals surface area (Å²) in [7, 11) is 1.29. The summed E-state index contributed by atoms with van der Waals surface area (Å²) in [6, 6.07) is 11.6. The SMILES string of the molecule is COC(=O)[C@H](Cc1c[nH]c2ccccc12)Nc1ccc(Br)cc1[N+](=O)[O-]. The molecule has 0 fully saturated rings. The van der Waals surface area contributed by atoms with Gasteiger partial charge in [0, 0.05) is 34.1 Å². The molecule has 0 amide bonds. The molecule has 0 radical (unpaired) electrons. The van der Waals surface area contributed by atoms with Gasteiger partial charge in [0.15, 0.2) is 0 Å². The molecule has 1 heterocycles. The second-order valence-corrected chi connectivity index (χ2v) is 6.62. The maximum atomic E-state index is 12.3. The zero-order valence-electron chi connectivity index (χ0n) is 13.9. The van der Waals surface area contributed by atoms with Gasteiger partial charge in [-0.2, -0.15) is 0 Å². The van der Waals surface area contributed by atoms with Gasteiger partial charge in [-0.15, -0.1) is 0 Å². The maximum absolute atomic E-state index is 12.3. The molecular weight excluding hydrogens is 402 g/mol. The monoisotopic (exact) mass is 417 g/mol. The fraction of sp³-hybridized carbons (Fsp3) is 0.167. The Labute approximate surface area is 157 Å². The molecule has 7 nitrogen and oxygen atoms in total. The number of aromatic amines is 1. The van der Waals surface area contributed by atoms with E-state index in [9.17, 15) is 14.9 Å². The molecule has 134 valence electrons. The van der Waals surface area contributed by atoms with Gasteiger partial charge < -0.3 is 15.0 Å². The van der Waals surface area contributed by atoms with Crippen LogP contribution in [0, 0.1) is 10.1 Å². The molecule has 26 heavy (non-hydrogen) atoms. The molecule has 2 N–H and O–H groups in total. The third-order valence-electron chi connectivity index (χ3n) is 4.07. The lowest BCUT2D eigenvalue weighted by Gasteiger charge is -2.17. The lowest BCUT2D eigenvalue weighted by Crippen LogP contribution is -2.33. The third kappa shape index (κ3) is 3.70. The molecule has 1 aromatic heterocycles. The number of methoxy groups -OCH3 is 1. The Morgan fingerprint density at radius 2 is 2.12 bits per heavy atom. The summed E-state index contributed by atoms with van der Waals surface area (Å²) in [6.45, 7) is 0. The topological polar surface area (TPSA) is 97.3 Å². The summed E-state index contributed by atoms with van der Waals surface area (Å²) >= 11 is 3.22. The Morgan fingerprint density at radius 1 is 1.35 bits per heavy atom. The van der Waals surface area contributed by atoms with Crippen molar-refractivity contribution < 1.29 is 14.5 Å². The van der Waals surface area contributed by atoms with Crippen LogP contribution in [0.5, 0.6) is 0 Å². The minimum absolute atomic E-state index is 0.118. The van der Waals surface area contributed by atoms with E-state index in [1.165, 1.54) is 13.2 Å². The second kappa shape index (κ2) is 7.57. The van der Waals surface area contributed by atoms with Crippen molar-refractivity contribution in [2.24, 2.45) is 0 Å². The number of ether oxygens (including phenoxy) is 1. The van der Waals surface area contributed by atoms with Crippen LogP contribution in [0.4, 0.5) is 11.4 Å². The van der Waals surface area contributed by atoms with Crippen molar-refractivity contribution in [3.63, 3.8) is 0 Å². The first-order valence-electron chi connectivity index (χ1n) is 7.83. The number of aromatic nitrogens is 1. The van der Waals surface area contributed by atoms with E-state index >= 15 is 0 Å². The summed E-state index contributed by atoms with van der Waals surface area (Å²) in [5, 5.41) is 15.3. The Balaban J connectivity index is 1.93. The van der Waals surface area contributed by atoms with Crippen molar-refractivity contribution in [2.75, 3.05) is 12.4 Å². The fourth-order valence-electron chi connectivity index (χ4n) is 2.82. The number of rotatable bonds is 6. The summed E-state index contributed by atoms with van der Waals surface area (Å²) in [6.07, 6.45) is 2.15. The number of nitrogens with one attached hydrogen (secondary N) is 2. The minimum Gasteiger partial charge on any atom is -0.467 e. The Kier molecular flexibility index (Phi) is 5.22. The number of benzene rings is 2. The van der Waals surface area contributed by atoms with Crippen LogP contribution in [0.2, 0.25) is 0 Å². The van der Waals surface area contributed by atoms with Crippen LogP contribution in [0.25, 0.3) is 10.9 Å². The number of carbonyl (C=O) groups excluding carboxylic acids is 1. The first-order chi connectivity index (χ1) is 12.5. The highest BCUT2D eigenvalue weighted by atomic mass is 79.9. The number of nitrogens with zero attached hydrogens (tertiary/aromatic N) is 1. The van der Waals surface area contributed by atoms with Crippen LogP contribution < -0.4 is 5.32 Å². The molecule has 0 bridgehead atoms. The highest BCUT2D eigenvalue weighted by molar-refractivity contribution is 9.10. The van der Waals surface area contributed by atoms with Gasteiger partial charge >= 0.3 is 5.97 Å². The van der Waals surface area contributed by atoms with Crippen LogP contribution in [0.3, 0.4) is 0 Å². The molecule has 0 saturated heterocycles. The molecule has 8 heteroatoms. The van der Waals surface area contributed by atoms with Gasteiger partial charge in [0.2, 0.25) is 0 Å². The van der Waals surface area contributed by atoms with Crippen molar-refractivity contribution >= 4 is 44.2 Å². The van der Waals surface area contributed by atoms with E-state index in [4.69, 9.17) is 4.74 Å². The molecular formula is C18H16BrN3O4. The van der Waals surface area contributed by atoms with Gasteiger partial charge in [-0.05, 0) is 23.8 Å². The fourth-order valence-corrected chi connectivity index (χ4v) is 3.17. The third-order valence-corrected chi connectivity index (χ3v) is 4.56. The zero-order chi connectivity index (χ0) is 18.7. The van der Waals surface area contributed by atoms with Crippen molar-refractivity contribution in [2.45, 2.75) is 12.5 Å². The van der Waals surface area contributed by atoms with E-state index in [-0.39, 0.29) is 11.4 Å². The van der Waals surface area contributed by atoms with Crippen molar-refractivity contribution in [1.29, 1.82) is 0 Å². The highest BCUT2D eigenvalue weighted by Gasteiger charge is 2.24. The normalized spacial score (nSPS) is 11.9. The Morgan fingerprint density at radius 3 is 2.85 bits per heavy atom. The van der Waals surface area contributed by atoms with Gasteiger partial charge in [0.1, 0.15) is 11.7 Å². The Hall–Kier alpha value is -2.87. The molecule has 0 unspecified atom stereocenters. The van der Waals surface area contributed by atoms with Crippen LogP contribution in [0.15, 0.2) is 53.1 Å². The van der Waals surface area contributed by atoms with E-state index in [1.807, 2.05) is 30.5 Å². The molecule has 1 atom stereocenters. The average Bonchev–Trinajstić information content (AvgIpc) is 3.04. The van der Waals surface area contributed by atoms with E-state index in [0.29, 0.717) is 10.9 Å². The van der Waals surface area contributed by atoms with Gasteiger partial charge in [0.05, 0.1) is 12.0 Å². The Bertz CT molecular complexity index is 970. The summed E-state index contributed by atoms with van der Waals surface area (Å²) in [4.78, 5) is 26.2. The number of anilines is 1. The number of hydrogen-bond acceptors (Lipinski definition) is 5. The lowest BCUT2D eigenvalue weighted by molar-refractivity contribution is -0.384. The number of carbonyl (C=O) groups is 1. The van der Waals surface area contributed by atoms with Gasteiger partial charge in [-0.3, -0.25) is 10.1 Å². The lowest BCUT2D eigenvalue weighted by atomic mass is 10.0. The molecule has 0 saturated carbocycles. The number of H-pyrrole nitrogens is 1. The van der Waals surface area contributed by atoms with Crippen molar-refractivity contribution in [3.8, 4) is 0 Å². The summed E-state index contributed by atoms with van der Waals surface area (Å²) in [5.41, 5.74) is 2.02. The zero-order valence-corrected chi connectivity index (χ0v) is 15.4. The second-order valence-electron chi connectivity index (χ2n) is 5.70. The van der Waals surface area contributed by atoms with Crippen LogP contribution >= 0.6 is 15.9 Å². The van der Waals surface area contributed by atoms with Gasteiger partial charge in [-0.1, -0.05) is 34.1 Å². The van der Waals surface area contributed by atoms with E-state index in [0.717, 1.165) is 16.5 Å². The number of halogens is 1. The van der Waals surface area contributed by atoms with E-state index in [2.05, 4.69) is 26.2 Å². The van der Waals surface area contributed by atoms with Crippen LogP contribution in [-0.4, -0.2) is 29.0 Å².